The molecule has 1 unspecified atom stereocenters. The third kappa shape index (κ3) is 3.26. The molecule has 0 aliphatic heterocycles. The molecule has 0 aliphatic carbocycles. The van der Waals surface area contributed by atoms with Gasteiger partial charge in [-0.2, -0.15) is 0 Å². The van der Waals surface area contributed by atoms with E-state index in [0.717, 1.165) is 23.5 Å². The second-order valence-electron chi connectivity index (χ2n) is 4.11. The standard InChI is InChI=1S/C14H18N2O2S/c1-17-10-5-6-12(14(8-10)18-2)13(16-15)9-11-4-3-7-19-11/h3-8,13,16H,9,15H2,1-2H3. The average molecular weight is 278 g/mol. The van der Waals surface area contributed by atoms with Crippen molar-refractivity contribution >= 4 is 11.3 Å². The molecule has 0 fully saturated rings. The van der Waals surface area contributed by atoms with Gasteiger partial charge in [0, 0.05) is 22.9 Å². The first kappa shape index (κ1) is 13.9. The Morgan fingerprint density at radius 3 is 2.68 bits per heavy atom. The van der Waals surface area contributed by atoms with Crippen molar-refractivity contribution in [3.63, 3.8) is 0 Å². The molecule has 1 aromatic heterocycles. The first-order valence-corrected chi connectivity index (χ1v) is 6.87. The van der Waals surface area contributed by atoms with Gasteiger partial charge in [-0.1, -0.05) is 12.1 Å². The molecule has 5 heteroatoms. The number of rotatable bonds is 6. The highest BCUT2D eigenvalue weighted by Gasteiger charge is 2.16. The Kier molecular flexibility index (Phi) is 4.79. The minimum Gasteiger partial charge on any atom is -0.497 e. The van der Waals surface area contributed by atoms with Crippen molar-refractivity contribution in [2.75, 3.05) is 14.2 Å². The fourth-order valence-corrected chi connectivity index (χ4v) is 2.75. The maximum absolute atomic E-state index is 5.68. The van der Waals surface area contributed by atoms with Gasteiger partial charge in [0.05, 0.1) is 20.3 Å². The van der Waals surface area contributed by atoms with Crippen LogP contribution >= 0.6 is 11.3 Å². The lowest BCUT2D eigenvalue weighted by molar-refractivity contribution is 0.384. The van der Waals surface area contributed by atoms with E-state index in [0.29, 0.717) is 0 Å². The highest BCUT2D eigenvalue weighted by atomic mass is 32.1. The lowest BCUT2D eigenvalue weighted by Crippen LogP contribution is -2.29. The van der Waals surface area contributed by atoms with Gasteiger partial charge in [0.25, 0.3) is 0 Å². The third-order valence-electron chi connectivity index (χ3n) is 3.00. The van der Waals surface area contributed by atoms with Crippen LogP contribution in [0.1, 0.15) is 16.5 Å². The second kappa shape index (κ2) is 6.56. The quantitative estimate of drug-likeness (QED) is 0.630. The molecule has 0 saturated heterocycles. The van der Waals surface area contributed by atoms with Crippen LogP contribution in [0.25, 0.3) is 0 Å². The molecule has 0 aliphatic rings. The number of hydrazine groups is 1. The fraction of sp³-hybridized carbons (Fsp3) is 0.286. The number of thiophene rings is 1. The predicted molar refractivity (Wildman–Crippen MR) is 77.6 cm³/mol. The summed E-state index contributed by atoms with van der Waals surface area (Å²) in [5, 5.41) is 2.06. The molecule has 0 saturated carbocycles. The smallest absolute Gasteiger partial charge is 0.127 e. The summed E-state index contributed by atoms with van der Waals surface area (Å²) in [4.78, 5) is 1.28. The topological polar surface area (TPSA) is 56.5 Å². The number of benzene rings is 1. The van der Waals surface area contributed by atoms with Gasteiger partial charge in [-0.3, -0.25) is 11.3 Å². The van der Waals surface area contributed by atoms with E-state index in [2.05, 4.69) is 16.9 Å². The van der Waals surface area contributed by atoms with Crippen molar-refractivity contribution in [1.82, 2.24) is 5.43 Å². The molecule has 102 valence electrons. The fourth-order valence-electron chi connectivity index (χ4n) is 1.99. The SMILES string of the molecule is COc1ccc(C(Cc2cccs2)NN)c(OC)c1. The van der Waals surface area contributed by atoms with E-state index in [1.807, 2.05) is 24.3 Å². The summed E-state index contributed by atoms with van der Waals surface area (Å²) in [5.74, 6) is 7.23. The molecule has 1 heterocycles. The Bertz CT molecular complexity index is 514. The second-order valence-corrected chi connectivity index (χ2v) is 5.14. The van der Waals surface area contributed by atoms with Crippen LogP contribution in [0.15, 0.2) is 35.7 Å². The van der Waals surface area contributed by atoms with Crippen LogP contribution in [-0.4, -0.2) is 14.2 Å². The molecule has 0 radical (unpaired) electrons. The Balaban J connectivity index is 2.26. The summed E-state index contributed by atoms with van der Waals surface area (Å²) in [6.07, 6.45) is 0.830. The van der Waals surface area contributed by atoms with Crippen LogP contribution in [0.4, 0.5) is 0 Å². The number of ether oxygens (including phenoxy) is 2. The maximum Gasteiger partial charge on any atom is 0.127 e. The zero-order valence-electron chi connectivity index (χ0n) is 11.1. The molecule has 4 nitrogen and oxygen atoms in total. The molecule has 0 amide bonds. The summed E-state index contributed by atoms with van der Waals surface area (Å²) in [5.41, 5.74) is 3.88. The lowest BCUT2D eigenvalue weighted by Gasteiger charge is -2.19. The van der Waals surface area contributed by atoms with E-state index in [-0.39, 0.29) is 6.04 Å². The monoisotopic (exact) mass is 278 g/mol. The van der Waals surface area contributed by atoms with Crippen LogP contribution in [0.3, 0.4) is 0 Å². The van der Waals surface area contributed by atoms with E-state index in [4.69, 9.17) is 15.3 Å². The van der Waals surface area contributed by atoms with Gasteiger partial charge in [0.2, 0.25) is 0 Å². The van der Waals surface area contributed by atoms with E-state index in [9.17, 15) is 0 Å². The van der Waals surface area contributed by atoms with Crippen molar-refractivity contribution < 1.29 is 9.47 Å². The maximum atomic E-state index is 5.68. The highest BCUT2D eigenvalue weighted by molar-refractivity contribution is 7.09. The van der Waals surface area contributed by atoms with Crippen molar-refractivity contribution in [2.45, 2.75) is 12.5 Å². The van der Waals surface area contributed by atoms with Crippen LogP contribution in [0.5, 0.6) is 11.5 Å². The molecule has 0 spiro atoms. The van der Waals surface area contributed by atoms with Crippen molar-refractivity contribution in [1.29, 1.82) is 0 Å². The van der Waals surface area contributed by atoms with E-state index < -0.39 is 0 Å². The molecular weight excluding hydrogens is 260 g/mol. The number of hydrogen-bond donors (Lipinski definition) is 2. The lowest BCUT2D eigenvalue weighted by atomic mass is 10.0. The van der Waals surface area contributed by atoms with Crippen LogP contribution in [0.2, 0.25) is 0 Å². The van der Waals surface area contributed by atoms with Crippen LogP contribution in [0, 0.1) is 0 Å². The molecule has 2 rings (SSSR count). The molecule has 0 bridgehead atoms. The molecule has 19 heavy (non-hydrogen) atoms. The number of hydrogen-bond acceptors (Lipinski definition) is 5. The molecular formula is C14H18N2O2S. The van der Waals surface area contributed by atoms with Crippen molar-refractivity contribution in [3.8, 4) is 11.5 Å². The van der Waals surface area contributed by atoms with Gasteiger partial charge in [0.1, 0.15) is 11.5 Å². The Labute approximate surface area is 117 Å². The number of nitrogens with one attached hydrogen (secondary N) is 1. The first-order chi connectivity index (χ1) is 9.28. The molecule has 3 N–H and O–H groups in total. The average Bonchev–Trinajstić information content (AvgIpc) is 2.97. The largest absolute Gasteiger partial charge is 0.497 e. The van der Waals surface area contributed by atoms with Gasteiger partial charge in [-0.25, -0.2) is 0 Å². The van der Waals surface area contributed by atoms with Gasteiger partial charge in [0.15, 0.2) is 0 Å². The van der Waals surface area contributed by atoms with Gasteiger partial charge < -0.3 is 9.47 Å². The molecule has 2 aromatic rings. The Morgan fingerprint density at radius 1 is 1.26 bits per heavy atom. The number of methoxy groups -OCH3 is 2. The summed E-state index contributed by atoms with van der Waals surface area (Å²) < 4.78 is 10.6. The zero-order chi connectivity index (χ0) is 13.7. The molecule has 1 aromatic carbocycles. The zero-order valence-corrected chi connectivity index (χ0v) is 11.9. The number of nitrogens with two attached hydrogens (primary N) is 1. The third-order valence-corrected chi connectivity index (χ3v) is 3.90. The summed E-state index contributed by atoms with van der Waals surface area (Å²) >= 11 is 1.72. The van der Waals surface area contributed by atoms with E-state index in [1.165, 1.54) is 4.88 Å². The molecule has 1 atom stereocenters. The highest BCUT2D eigenvalue weighted by Crippen LogP contribution is 2.31. The normalized spacial score (nSPS) is 12.2. The van der Waals surface area contributed by atoms with Crippen LogP contribution in [-0.2, 0) is 6.42 Å². The predicted octanol–water partition coefficient (Wildman–Crippen LogP) is 2.51. The van der Waals surface area contributed by atoms with E-state index >= 15 is 0 Å². The Morgan fingerprint density at radius 2 is 2.11 bits per heavy atom. The minimum atomic E-state index is 0.0134. The summed E-state index contributed by atoms with van der Waals surface area (Å²) in [6.45, 7) is 0. The van der Waals surface area contributed by atoms with Gasteiger partial charge in [-0.05, 0) is 17.5 Å². The van der Waals surface area contributed by atoms with Crippen LogP contribution < -0.4 is 20.7 Å². The van der Waals surface area contributed by atoms with Gasteiger partial charge >= 0.3 is 0 Å². The summed E-state index contributed by atoms with van der Waals surface area (Å²) in [7, 11) is 3.29. The van der Waals surface area contributed by atoms with Gasteiger partial charge in [-0.15, -0.1) is 11.3 Å². The first-order valence-electron chi connectivity index (χ1n) is 5.99. The van der Waals surface area contributed by atoms with Crippen molar-refractivity contribution in [2.24, 2.45) is 5.84 Å². The minimum absolute atomic E-state index is 0.0134. The van der Waals surface area contributed by atoms with E-state index in [1.54, 1.807) is 25.6 Å². The van der Waals surface area contributed by atoms with Crippen molar-refractivity contribution in [3.05, 3.63) is 46.2 Å². The summed E-state index contributed by atoms with van der Waals surface area (Å²) in [6, 6.07) is 9.92. The Hall–Kier alpha value is -1.56.